The van der Waals surface area contributed by atoms with Gasteiger partial charge in [0.25, 0.3) is 5.78 Å². The van der Waals surface area contributed by atoms with E-state index in [1.54, 1.807) is 6.33 Å². The zero-order valence-electron chi connectivity index (χ0n) is 11.1. The van der Waals surface area contributed by atoms with Gasteiger partial charge < -0.3 is 0 Å². The summed E-state index contributed by atoms with van der Waals surface area (Å²) in [6.07, 6.45) is 3.75. The van der Waals surface area contributed by atoms with Crippen molar-refractivity contribution in [1.82, 2.24) is 19.6 Å². The smallest absolute Gasteiger partial charge is 0.255 e. The van der Waals surface area contributed by atoms with Crippen LogP contribution in [0.1, 0.15) is 0 Å². The van der Waals surface area contributed by atoms with E-state index in [4.69, 9.17) is 4.98 Å². The van der Waals surface area contributed by atoms with Gasteiger partial charge in [-0.1, -0.05) is 48.5 Å². The number of rotatable bonds is 0. The lowest BCUT2D eigenvalue weighted by molar-refractivity contribution is 1.10. The van der Waals surface area contributed by atoms with E-state index in [1.807, 2.05) is 10.5 Å². The molecule has 0 aliphatic heterocycles. The van der Waals surface area contributed by atoms with Crippen LogP contribution in [0.5, 0.6) is 0 Å². The molecule has 5 rings (SSSR count). The molecule has 0 atom stereocenters. The number of nitrogens with zero attached hydrogens (tertiary/aromatic N) is 4. The second kappa shape index (κ2) is 3.76. The highest BCUT2D eigenvalue weighted by molar-refractivity contribution is 6.24. The maximum Gasteiger partial charge on any atom is 0.255 e. The molecule has 0 N–H and O–H groups in total. The molecule has 2 heterocycles. The molecule has 0 saturated carbocycles. The molecule has 0 amide bonds. The van der Waals surface area contributed by atoms with Gasteiger partial charge in [-0.15, -0.1) is 10.2 Å². The molecule has 0 fully saturated rings. The first-order chi connectivity index (χ1) is 10.4. The summed E-state index contributed by atoms with van der Waals surface area (Å²) in [4.78, 5) is 4.71. The van der Waals surface area contributed by atoms with Crippen LogP contribution < -0.4 is 0 Å². The fraction of sp³-hybridized carbons (Fsp3) is 0. The SMILES string of the molecule is c1ccc2c(c1)c1ccccc1c1nc3nncn3cc21. The minimum Gasteiger partial charge on any atom is -0.272 e. The molecule has 0 radical (unpaired) electrons. The normalized spacial score (nSPS) is 11.8. The standard InChI is InChI=1S/C17H10N4/c1-2-7-13-11(5-1)12-6-3-4-8-14(12)16-15(13)9-21-10-18-20-17(21)19-16/h1-10H. The lowest BCUT2D eigenvalue weighted by Crippen LogP contribution is -1.92. The van der Waals surface area contributed by atoms with Gasteiger partial charge in [-0.2, -0.15) is 0 Å². The summed E-state index contributed by atoms with van der Waals surface area (Å²) in [6, 6.07) is 16.8. The Hall–Kier alpha value is -3.01. The highest BCUT2D eigenvalue weighted by atomic mass is 15.3. The predicted molar refractivity (Wildman–Crippen MR) is 83.3 cm³/mol. The maximum absolute atomic E-state index is 4.71. The fourth-order valence-electron chi connectivity index (χ4n) is 3.05. The van der Waals surface area contributed by atoms with E-state index in [0.29, 0.717) is 5.78 Å². The molecular weight excluding hydrogens is 260 g/mol. The lowest BCUT2D eigenvalue weighted by Gasteiger charge is -2.09. The third-order valence-corrected chi connectivity index (χ3v) is 3.98. The highest BCUT2D eigenvalue weighted by Crippen LogP contribution is 2.33. The van der Waals surface area contributed by atoms with Crippen molar-refractivity contribution < 1.29 is 0 Å². The van der Waals surface area contributed by atoms with Crippen molar-refractivity contribution in [2.24, 2.45) is 0 Å². The van der Waals surface area contributed by atoms with Crippen LogP contribution in [0.15, 0.2) is 61.1 Å². The van der Waals surface area contributed by atoms with E-state index in [0.717, 1.165) is 16.3 Å². The van der Waals surface area contributed by atoms with Crippen LogP contribution in [-0.2, 0) is 0 Å². The summed E-state index contributed by atoms with van der Waals surface area (Å²) in [6.45, 7) is 0. The molecule has 4 heteroatoms. The van der Waals surface area contributed by atoms with Gasteiger partial charge in [0.1, 0.15) is 6.33 Å². The number of hydrogen-bond donors (Lipinski definition) is 0. The first-order valence-corrected chi connectivity index (χ1v) is 6.81. The summed E-state index contributed by atoms with van der Waals surface area (Å²) in [5, 5.41) is 13.9. The van der Waals surface area contributed by atoms with Gasteiger partial charge in [0.15, 0.2) is 0 Å². The summed E-state index contributed by atoms with van der Waals surface area (Å²) < 4.78 is 1.86. The van der Waals surface area contributed by atoms with Gasteiger partial charge in [-0.05, 0) is 16.2 Å². The van der Waals surface area contributed by atoms with Gasteiger partial charge in [0.2, 0.25) is 0 Å². The van der Waals surface area contributed by atoms with Crippen molar-refractivity contribution in [1.29, 1.82) is 0 Å². The minimum atomic E-state index is 0.628. The summed E-state index contributed by atoms with van der Waals surface area (Å²) in [5.41, 5.74) is 0.977. The van der Waals surface area contributed by atoms with Crippen molar-refractivity contribution in [2.45, 2.75) is 0 Å². The molecule has 5 aromatic rings. The molecule has 4 nitrogen and oxygen atoms in total. The second-order valence-corrected chi connectivity index (χ2v) is 5.13. The van der Waals surface area contributed by atoms with E-state index in [-0.39, 0.29) is 0 Å². The summed E-state index contributed by atoms with van der Waals surface area (Å²) >= 11 is 0. The molecule has 0 unspecified atom stereocenters. The van der Waals surface area contributed by atoms with Crippen molar-refractivity contribution in [3.8, 4) is 0 Å². The lowest BCUT2D eigenvalue weighted by atomic mass is 9.98. The Morgan fingerprint density at radius 1 is 0.714 bits per heavy atom. The van der Waals surface area contributed by atoms with Gasteiger partial charge >= 0.3 is 0 Å². The molecule has 0 aliphatic rings. The molecule has 98 valence electrons. The number of benzene rings is 3. The quantitative estimate of drug-likeness (QED) is 0.404. The van der Waals surface area contributed by atoms with Crippen LogP contribution >= 0.6 is 0 Å². The van der Waals surface area contributed by atoms with Crippen molar-refractivity contribution in [3.05, 3.63) is 61.1 Å². The van der Waals surface area contributed by atoms with Crippen LogP contribution in [0, 0.1) is 0 Å². The Labute approximate surface area is 119 Å². The van der Waals surface area contributed by atoms with Crippen LogP contribution in [0.3, 0.4) is 0 Å². The largest absolute Gasteiger partial charge is 0.272 e. The first kappa shape index (κ1) is 10.7. The second-order valence-electron chi connectivity index (χ2n) is 5.13. The third-order valence-electron chi connectivity index (χ3n) is 3.98. The molecule has 3 aromatic carbocycles. The Morgan fingerprint density at radius 3 is 2.10 bits per heavy atom. The Kier molecular flexibility index (Phi) is 1.92. The maximum atomic E-state index is 4.71. The number of aromatic nitrogens is 4. The Morgan fingerprint density at radius 2 is 1.33 bits per heavy atom. The van der Waals surface area contributed by atoms with E-state index in [2.05, 4.69) is 58.9 Å². The van der Waals surface area contributed by atoms with Gasteiger partial charge in [-0.25, -0.2) is 4.98 Å². The third kappa shape index (κ3) is 1.36. The van der Waals surface area contributed by atoms with Crippen LogP contribution in [0.2, 0.25) is 0 Å². The first-order valence-electron chi connectivity index (χ1n) is 6.81. The average molecular weight is 270 g/mol. The van der Waals surface area contributed by atoms with Crippen LogP contribution in [0.25, 0.3) is 38.2 Å². The molecule has 21 heavy (non-hydrogen) atoms. The fourth-order valence-corrected chi connectivity index (χ4v) is 3.05. The molecule has 2 aromatic heterocycles. The predicted octanol–water partition coefficient (Wildman–Crippen LogP) is 3.58. The topological polar surface area (TPSA) is 43.1 Å². The Balaban J connectivity index is 2.21. The number of hydrogen-bond acceptors (Lipinski definition) is 3. The minimum absolute atomic E-state index is 0.628. The van der Waals surface area contributed by atoms with E-state index < -0.39 is 0 Å². The van der Waals surface area contributed by atoms with E-state index >= 15 is 0 Å². The monoisotopic (exact) mass is 270 g/mol. The van der Waals surface area contributed by atoms with Crippen molar-refractivity contribution in [2.75, 3.05) is 0 Å². The summed E-state index contributed by atoms with van der Waals surface area (Å²) in [7, 11) is 0. The van der Waals surface area contributed by atoms with Gasteiger partial charge in [-0.3, -0.25) is 4.40 Å². The molecule has 0 saturated heterocycles. The summed E-state index contributed by atoms with van der Waals surface area (Å²) in [5.74, 6) is 0.628. The van der Waals surface area contributed by atoms with Gasteiger partial charge in [0.05, 0.1) is 5.52 Å². The van der Waals surface area contributed by atoms with Crippen molar-refractivity contribution >= 4 is 38.2 Å². The zero-order chi connectivity index (χ0) is 13.8. The molecule has 0 bridgehead atoms. The Bertz CT molecular complexity index is 1050. The number of fused-ring (bicyclic) bond motifs is 7. The molecular formula is C17H10N4. The van der Waals surface area contributed by atoms with Crippen molar-refractivity contribution in [3.63, 3.8) is 0 Å². The van der Waals surface area contributed by atoms with Crippen LogP contribution in [-0.4, -0.2) is 19.6 Å². The highest BCUT2D eigenvalue weighted by Gasteiger charge is 2.10. The zero-order valence-corrected chi connectivity index (χ0v) is 11.1. The molecule has 0 spiro atoms. The molecule has 0 aliphatic carbocycles. The van der Waals surface area contributed by atoms with E-state index in [1.165, 1.54) is 16.2 Å². The van der Waals surface area contributed by atoms with Crippen LogP contribution in [0.4, 0.5) is 0 Å². The average Bonchev–Trinajstić information content (AvgIpc) is 3.01. The van der Waals surface area contributed by atoms with E-state index in [9.17, 15) is 0 Å². The van der Waals surface area contributed by atoms with Gasteiger partial charge in [0, 0.05) is 17.0 Å².